The summed E-state index contributed by atoms with van der Waals surface area (Å²) >= 11 is 0. The van der Waals surface area contributed by atoms with Crippen LogP contribution >= 0.6 is 0 Å². The molecule has 196 valence electrons. The Hall–Kier alpha value is -3.05. The summed E-state index contributed by atoms with van der Waals surface area (Å²) in [5, 5.41) is 15.7. The number of hydrogen-bond acceptors (Lipinski definition) is 8. The van der Waals surface area contributed by atoms with Gasteiger partial charge >= 0.3 is 0 Å². The third-order valence-electron chi connectivity index (χ3n) is 8.72. The molecule has 4 saturated heterocycles. The Morgan fingerprint density at radius 2 is 2.08 bits per heavy atom. The van der Waals surface area contributed by atoms with Crippen molar-refractivity contribution < 1.29 is 14.3 Å². The molecule has 11 nitrogen and oxygen atoms in total. The van der Waals surface area contributed by atoms with E-state index in [-0.39, 0.29) is 17.9 Å². The van der Waals surface area contributed by atoms with Crippen molar-refractivity contribution in [3.63, 3.8) is 0 Å². The van der Waals surface area contributed by atoms with Crippen LogP contribution in [0.4, 0.5) is 5.69 Å². The number of anilines is 1. The smallest absolute Gasteiger partial charge is 0.249 e. The summed E-state index contributed by atoms with van der Waals surface area (Å²) in [6, 6.07) is 2.20. The van der Waals surface area contributed by atoms with Gasteiger partial charge in [-0.3, -0.25) is 9.89 Å². The number of aryl methyl sites for hydroxylation is 2. The fraction of sp³-hybridized carbons (Fsp3) is 0.654. The van der Waals surface area contributed by atoms with Gasteiger partial charge in [0.25, 0.3) is 0 Å². The Morgan fingerprint density at radius 3 is 2.78 bits per heavy atom. The zero-order valence-electron chi connectivity index (χ0n) is 21.8. The van der Waals surface area contributed by atoms with E-state index >= 15 is 0 Å². The van der Waals surface area contributed by atoms with Crippen molar-refractivity contribution in [2.45, 2.75) is 82.6 Å². The molecule has 5 aliphatic rings. The Kier molecular flexibility index (Phi) is 4.98. The van der Waals surface area contributed by atoms with Gasteiger partial charge in [0.15, 0.2) is 17.3 Å². The highest BCUT2D eigenvalue weighted by Gasteiger charge is 2.75. The standard InChI is InChI=1S/C26H34N8O3/c1-14-7-8-33(10-14)18-9-15(2)22-28-24(32-34(22)11-18)26-12-25(13-36-26,20(26)21-27-17(4)30-31-21)29-23(35)19-6-5-16(3)37-19/h9,11,14,16,19-20H,5-8,10,12-13H2,1-4H3,(H,29,35)(H,27,30,31). The van der Waals surface area contributed by atoms with E-state index in [0.717, 1.165) is 42.8 Å². The highest BCUT2D eigenvalue weighted by Crippen LogP contribution is 2.65. The SMILES string of the molecule is Cc1nc(C2C3(NC(=O)C4CCC(C)O4)COC2(c2nc4c(C)cc(N5CCC(C)C5)cn4n2)C3)n[nH]1. The van der Waals surface area contributed by atoms with Crippen molar-refractivity contribution >= 4 is 17.2 Å². The lowest BCUT2D eigenvalue weighted by Crippen LogP contribution is -2.66. The van der Waals surface area contributed by atoms with E-state index in [1.54, 1.807) is 0 Å². The van der Waals surface area contributed by atoms with E-state index in [4.69, 9.17) is 19.6 Å². The number of fused-ring (bicyclic) bond motifs is 2. The molecular weight excluding hydrogens is 472 g/mol. The van der Waals surface area contributed by atoms with Crippen molar-refractivity contribution in [2.75, 3.05) is 24.6 Å². The minimum absolute atomic E-state index is 0.0935. The minimum atomic E-state index is -0.799. The molecule has 2 bridgehead atoms. The van der Waals surface area contributed by atoms with Crippen molar-refractivity contribution in [2.24, 2.45) is 5.92 Å². The van der Waals surface area contributed by atoms with Gasteiger partial charge in [0, 0.05) is 19.5 Å². The van der Waals surface area contributed by atoms with E-state index in [2.05, 4.69) is 51.5 Å². The summed E-state index contributed by atoms with van der Waals surface area (Å²) in [6.07, 6.45) is 5.12. The van der Waals surface area contributed by atoms with Crippen LogP contribution in [0.2, 0.25) is 0 Å². The minimum Gasteiger partial charge on any atom is -0.370 e. The molecule has 1 amide bonds. The van der Waals surface area contributed by atoms with Crippen molar-refractivity contribution in [1.82, 2.24) is 35.1 Å². The summed E-state index contributed by atoms with van der Waals surface area (Å²) in [4.78, 5) is 25.2. The highest BCUT2D eigenvalue weighted by molar-refractivity contribution is 5.82. The lowest BCUT2D eigenvalue weighted by Gasteiger charge is -2.50. The zero-order valence-corrected chi connectivity index (χ0v) is 21.8. The summed E-state index contributed by atoms with van der Waals surface area (Å²) in [5.74, 6) is 2.24. The van der Waals surface area contributed by atoms with Crippen LogP contribution in [-0.2, 0) is 19.9 Å². The Morgan fingerprint density at radius 1 is 1.22 bits per heavy atom. The predicted molar refractivity (Wildman–Crippen MR) is 134 cm³/mol. The number of H-pyrrole nitrogens is 1. The van der Waals surface area contributed by atoms with Crippen LogP contribution in [-0.4, -0.2) is 73.1 Å². The second-order valence-electron chi connectivity index (χ2n) is 11.6. The summed E-state index contributed by atoms with van der Waals surface area (Å²) in [5.41, 5.74) is 1.63. The molecule has 3 aromatic rings. The van der Waals surface area contributed by atoms with Crippen LogP contribution in [0, 0.1) is 19.8 Å². The van der Waals surface area contributed by atoms with Gasteiger partial charge in [0.1, 0.15) is 17.5 Å². The molecule has 3 aromatic heterocycles. The number of carbonyl (C=O) groups is 1. The third kappa shape index (κ3) is 3.43. The number of carbonyl (C=O) groups excluding carboxylic acids is 1. The Labute approximate surface area is 215 Å². The zero-order chi connectivity index (χ0) is 25.5. The monoisotopic (exact) mass is 506 g/mol. The molecule has 1 aliphatic carbocycles. The Balaban J connectivity index is 1.24. The molecule has 6 unspecified atom stereocenters. The summed E-state index contributed by atoms with van der Waals surface area (Å²) in [7, 11) is 0. The van der Waals surface area contributed by atoms with Gasteiger partial charge in [0.05, 0.1) is 36.1 Å². The molecule has 0 spiro atoms. The van der Waals surface area contributed by atoms with Gasteiger partial charge in [0.2, 0.25) is 5.91 Å². The van der Waals surface area contributed by atoms with Gasteiger partial charge in [-0.2, -0.15) is 5.10 Å². The maximum absolute atomic E-state index is 13.2. The quantitative estimate of drug-likeness (QED) is 0.540. The largest absolute Gasteiger partial charge is 0.370 e. The van der Waals surface area contributed by atoms with Gasteiger partial charge in [-0.25, -0.2) is 14.5 Å². The van der Waals surface area contributed by atoms with E-state index in [0.29, 0.717) is 36.4 Å². The lowest BCUT2D eigenvalue weighted by atomic mass is 9.58. The molecule has 2 N–H and O–H groups in total. The number of nitrogens with zero attached hydrogens (tertiary/aromatic N) is 6. The average Bonchev–Trinajstić information content (AvgIpc) is 3.65. The van der Waals surface area contributed by atoms with E-state index in [9.17, 15) is 4.79 Å². The molecule has 6 atom stereocenters. The lowest BCUT2D eigenvalue weighted by molar-refractivity contribution is -0.136. The molecule has 0 radical (unpaired) electrons. The fourth-order valence-electron chi connectivity index (χ4n) is 6.86. The molecule has 8 rings (SSSR count). The number of rotatable bonds is 5. The highest BCUT2D eigenvalue weighted by atomic mass is 16.5. The number of ether oxygens (including phenoxy) is 2. The molecular formula is C26H34N8O3. The van der Waals surface area contributed by atoms with Crippen molar-refractivity contribution in [3.8, 4) is 0 Å². The van der Waals surface area contributed by atoms with Crippen LogP contribution < -0.4 is 10.2 Å². The molecule has 0 aromatic carbocycles. The topological polar surface area (TPSA) is 123 Å². The van der Waals surface area contributed by atoms with E-state index < -0.39 is 17.2 Å². The first-order valence-corrected chi connectivity index (χ1v) is 13.4. The van der Waals surface area contributed by atoms with Crippen LogP contribution in [0.15, 0.2) is 12.3 Å². The van der Waals surface area contributed by atoms with Gasteiger partial charge in [-0.1, -0.05) is 6.92 Å². The first-order chi connectivity index (χ1) is 17.8. The van der Waals surface area contributed by atoms with Crippen LogP contribution in [0.1, 0.15) is 68.5 Å². The van der Waals surface area contributed by atoms with Crippen molar-refractivity contribution in [1.29, 1.82) is 0 Å². The third-order valence-corrected chi connectivity index (χ3v) is 8.72. The molecule has 5 fully saturated rings. The maximum Gasteiger partial charge on any atom is 0.249 e. The second kappa shape index (κ2) is 7.97. The second-order valence-corrected chi connectivity index (χ2v) is 11.6. The summed E-state index contributed by atoms with van der Waals surface area (Å²) in [6.45, 7) is 10.7. The summed E-state index contributed by atoms with van der Waals surface area (Å²) < 4.78 is 14.2. The fourth-order valence-corrected chi connectivity index (χ4v) is 6.86. The number of aromatic amines is 1. The van der Waals surface area contributed by atoms with Gasteiger partial charge < -0.3 is 19.7 Å². The average molecular weight is 507 g/mol. The number of hydrogen-bond donors (Lipinski definition) is 2. The van der Waals surface area contributed by atoms with E-state index in [1.807, 2.05) is 18.4 Å². The molecule has 11 heteroatoms. The van der Waals surface area contributed by atoms with Gasteiger partial charge in [-0.05, 0) is 57.6 Å². The van der Waals surface area contributed by atoms with Crippen LogP contribution in [0.3, 0.4) is 0 Å². The molecule has 4 aliphatic heterocycles. The maximum atomic E-state index is 13.2. The first kappa shape index (κ1) is 23.1. The number of pyridine rings is 1. The normalized spacial score (nSPS) is 34.9. The molecule has 37 heavy (non-hydrogen) atoms. The number of amides is 1. The van der Waals surface area contributed by atoms with Crippen LogP contribution in [0.25, 0.3) is 5.65 Å². The molecule has 1 saturated carbocycles. The Bertz CT molecular complexity index is 1390. The molecule has 7 heterocycles. The van der Waals surface area contributed by atoms with E-state index in [1.165, 1.54) is 6.42 Å². The number of nitrogens with one attached hydrogen (secondary N) is 2. The number of aromatic nitrogens is 6. The van der Waals surface area contributed by atoms with Crippen molar-refractivity contribution in [3.05, 3.63) is 35.3 Å². The predicted octanol–water partition coefficient (Wildman–Crippen LogP) is 2.15. The van der Waals surface area contributed by atoms with Crippen LogP contribution in [0.5, 0.6) is 0 Å². The first-order valence-electron chi connectivity index (χ1n) is 13.4. The van der Waals surface area contributed by atoms with Gasteiger partial charge in [-0.15, -0.1) is 5.10 Å².